The third-order valence-electron chi connectivity index (χ3n) is 5.24. The molecule has 192 valence electrons. The third kappa shape index (κ3) is 6.60. The van der Waals surface area contributed by atoms with Crippen molar-refractivity contribution < 1.29 is 26.7 Å². The Morgan fingerprint density at radius 3 is 1.28 bits per heavy atom. The number of pyridine rings is 4. The van der Waals surface area contributed by atoms with Gasteiger partial charge in [0, 0.05) is 24.8 Å². The molecule has 39 heavy (non-hydrogen) atoms. The first-order valence-corrected chi connectivity index (χ1v) is 11.4. The Kier molecular flexibility index (Phi) is 8.89. The second-order valence-electron chi connectivity index (χ2n) is 7.74. The molecule has 2 aromatic carbocycles. The van der Waals surface area contributed by atoms with Gasteiger partial charge in [-0.15, -0.1) is 20.5 Å². The van der Waals surface area contributed by atoms with Crippen LogP contribution in [0.3, 0.4) is 0 Å². The number of aromatic nitrogens is 4. The van der Waals surface area contributed by atoms with Gasteiger partial charge < -0.3 is 10.2 Å². The largest absolute Gasteiger partial charge is 2.00 e. The molecule has 6 rings (SSSR count). The monoisotopic (exact) mass is 556 g/mol. The summed E-state index contributed by atoms with van der Waals surface area (Å²) in [6.45, 7) is 0. The number of azo groups is 2. The van der Waals surface area contributed by atoms with Crippen LogP contribution in [-0.4, -0.2) is 19.9 Å². The van der Waals surface area contributed by atoms with E-state index in [1.54, 1.807) is 73.3 Å². The molecule has 0 aliphatic carbocycles. The minimum atomic E-state index is -0.0695. The summed E-state index contributed by atoms with van der Waals surface area (Å²) < 4.78 is 0. The van der Waals surface area contributed by atoms with Gasteiger partial charge in [-0.2, -0.15) is 0 Å². The molecule has 11 heteroatoms. The maximum absolute atomic E-state index is 11.7. The Morgan fingerprint density at radius 2 is 0.872 bits per heavy atom. The zero-order chi connectivity index (χ0) is 26.2. The molecule has 4 aromatic heterocycles. The van der Waals surface area contributed by atoms with Crippen molar-refractivity contribution in [2.45, 2.75) is 0 Å². The van der Waals surface area contributed by atoms with Crippen molar-refractivity contribution >= 4 is 44.8 Å². The number of fused-ring (bicyclic) bond motifs is 2. The molecule has 4 heterocycles. The van der Waals surface area contributed by atoms with Gasteiger partial charge >= 0.3 is 16.5 Å². The van der Waals surface area contributed by atoms with Crippen LogP contribution in [0.15, 0.2) is 130 Å². The van der Waals surface area contributed by atoms with Crippen LogP contribution in [0.25, 0.3) is 21.8 Å². The summed E-state index contributed by atoms with van der Waals surface area (Å²) in [5.74, 6) is 0.885. The van der Waals surface area contributed by atoms with Gasteiger partial charge in [0.25, 0.3) is 0 Å². The first-order chi connectivity index (χ1) is 18.7. The first-order valence-electron chi connectivity index (χ1n) is 11.4. The molecule has 0 bridgehead atoms. The van der Waals surface area contributed by atoms with Crippen LogP contribution in [-0.2, 0) is 16.5 Å². The normalized spacial score (nSPS) is 10.9. The molecule has 6 aromatic rings. The summed E-state index contributed by atoms with van der Waals surface area (Å²) >= 11 is 0. The molecule has 10 nitrogen and oxygen atoms in total. The van der Waals surface area contributed by atoms with Gasteiger partial charge in [-0.1, -0.05) is 47.9 Å². The molecular weight excluding hydrogens is 539 g/mol. The van der Waals surface area contributed by atoms with E-state index in [4.69, 9.17) is 0 Å². The maximum atomic E-state index is 11.7. The standard InChI is InChI=1S/2C14H10N4O.Ni/c2*19-12-7-6-11(14-10(12)4-3-9-16-14)17-18-13-5-1-2-8-15-13;/h2*1-9,19H;/q;;+2/p-2. The Hall–Kier alpha value is -5.15. The van der Waals surface area contributed by atoms with E-state index in [0.29, 0.717) is 44.8 Å². The average molecular weight is 557 g/mol. The van der Waals surface area contributed by atoms with Gasteiger partial charge in [-0.25, -0.2) is 9.97 Å². The van der Waals surface area contributed by atoms with Crippen molar-refractivity contribution in [2.24, 2.45) is 20.5 Å². The van der Waals surface area contributed by atoms with Gasteiger partial charge in [0.1, 0.15) is 11.4 Å². The minimum Gasteiger partial charge on any atom is -0.872 e. The van der Waals surface area contributed by atoms with Gasteiger partial charge in [-0.05, 0) is 59.3 Å². The third-order valence-corrected chi connectivity index (χ3v) is 5.24. The van der Waals surface area contributed by atoms with Crippen molar-refractivity contribution in [1.29, 1.82) is 0 Å². The molecule has 0 spiro atoms. The molecule has 0 unspecified atom stereocenters. The van der Waals surface area contributed by atoms with E-state index in [2.05, 4.69) is 40.4 Å². The molecule has 0 aliphatic rings. The van der Waals surface area contributed by atoms with Crippen LogP contribution in [0.5, 0.6) is 11.5 Å². The van der Waals surface area contributed by atoms with Crippen molar-refractivity contribution in [3.8, 4) is 11.5 Å². The van der Waals surface area contributed by atoms with Crippen molar-refractivity contribution in [3.05, 3.63) is 110 Å². The summed E-state index contributed by atoms with van der Waals surface area (Å²) in [6, 6.07) is 23.9. The summed E-state index contributed by atoms with van der Waals surface area (Å²) in [4.78, 5) is 16.5. The Morgan fingerprint density at radius 1 is 0.436 bits per heavy atom. The first kappa shape index (κ1) is 26.9. The van der Waals surface area contributed by atoms with E-state index in [0.717, 1.165) is 0 Å². The topological polar surface area (TPSA) is 147 Å². The SMILES string of the molecule is [Ni+2].[O-]c1ccc(N=Nc2ccccn2)c2ncccc12.[O-]c1ccc(N=Nc2ccccn2)c2ncccc12. The second kappa shape index (κ2) is 12.9. The zero-order valence-corrected chi connectivity index (χ0v) is 21.1. The fraction of sp³-hybridized carbons (Fsp3) is 0. The fourth-order valence-electron chi connectivity index (χ4n) is 3.46. The molecule has 0 saturated carbocycles. The van der Waals surface area contributed by atoms with Crippen molar-refractivity contribution in [1.82, 2.24) is 19.9 Å². The molecule has 0 fully saturated rings. The minimum absolute atomic E-state index is 0. The maximum Gasteiger partial charge on any atom is 2.00 e. The zero-order valence-electron chi connectivity index (χ0n) is 20.1. The van der Waals surface area contributed by atoms with Crippen LogP contribution in [0, 0.1) is 0 Å². The smallest absolute Gasteiger partial charge is 0.872 e. The summed E-state index contributed by atoms with van der Waals surface area (Å²) in [6.07, 6.45) is 6.54. The number of nitrogens with zero attached hydrogens (tertiary/aromatic N) is 8. The number of hydrogen-bond acceptors (Lipinski definition) is 10. The molecule has 0 aliphatic heterocycles. The van der Waals surface area contributed by atoms with Gasteiger partial charge in [0.15, 0.2) is 11.6 Å². The van der Waals surface area contributed by atoms with E-state index in [9.17, 15) is 10.2 Å². The molecule has 0 saturated heterocycles. The van der Waals surface area contributed by atoms with Crippen LogP contribution in [0.4, 0.5) is 23.0 Å². The van der Waals surface area contributed by atoms with E-state index in [1.165, 1.54) is 12.1 Å². The van der Waals surface area contributed by atoms with Crippen molar-refractivity contribution in [2.75, 3.05) is 0 Å². The Bertz CT molecular complexity index is 1620. The number of rotatable bonds is 4. The van der Waals surface area contributed by atoms with E-state index < -0.39 is 0 Å². The molecule has 0 N–H and O–H groups in total. The van der Waals surface area contributed by atoms with Crippen LogP contribution < -0.4 is 10.2 Å². The van der Waals surface area contributed by atoms with Crippen LogP contribution >= 0.6 is 0 Å². The molecule has 0 atom stereocenters. The van der Waals surface area contributed by atoms with Crippen LogP contribution in [0.1, 0.15) is 0 Å². The van der Waals surface area contributed by atoms with E-state index >= 15 is 0 Å². The average Bonchev–Trinajstić information content (AvgIpc) is 2.98. The summed E-state index contributed by atoms with van der Waals surface area (Å²) in [5.41, 5.74) is 2.21. The Labute approximate surface area is 232 Å². The van der Waals surface area contributed by atoms with Crippen LogP contribution in [0.2, 0.25) is 0 Å². The van der Waals surface area contributed by atoms with Crippen molar-refractivity contribution in [3.63, 3.8) is 0 Å². The van der Waals surface area contributed by atoms with Gasteiger partial charge in [0.05, 0.1) is 11.0 Å². The number of hydrogen-bond donors (Lipinski definition) is 0. The predicted molar refractivity (Wildman–Crippen MR) is 139 cm³/mol. The Balaban J connectivity index is 0.000000176. The quantitative estimate of drug-likeness (QED) is 0.185. The van der Waals surface area contributed by atoms with E-state index in [1.807, 2.05) is 24.3 Å². The molecule has 0 radical (unpaired) electrons. The molecular formula is C28H18N8NiO2. The predicted octanol–water partition coefficient (Wildman–Crippen LogP) is 6.24. The van der Waals surface area contributed by atoms with E-state index in [-0.39, 0.29) is 28.0 Å². The fourth-order valence-corrected chi connectivity index (χ4v) is 3.46. The van der Waals surface area contributed by atoms with Gasteiger partial charge in [-0.3, -0.25) is 9.97 Å². The van der Waals surface area contributed by atoms with Gasteiger partial charge in [0.2, 0.25) is 0 Å². The summed E-state index contributed by atoms with van der Waals surface area (Å²) in [7, 11) is 0. The number of benzene rings is 2. The summed E-state index contributed by atoms with van der Waals surface area (Å²) in [5, 5.41) is 40.7. The molecule has 0 amide bonds. The second-order valence-corrected chi connectivity index (χ2v) is 7.74.